The van der Waals surface area contributed by atoms with Crippen LogP contribution in [0.3, 0.4) is 0 Å². The van der Waals surface area contributed by atoms with Crippen molar-refractivity contribution < 1.29 is 18.5 Å². The van der Waals surface area contributed by atoms with E-state index in [1.807, 2.05) is 0 Å². The summed E-state index contributed by atoms with van der Waals surface area (Å²) in [5.41, 5.74) is 0.527. The van der Waals surface area contributed by atoms with E-state index in [2.05, 4.69) is 5.32 Å². The normalized spacial score (nSPS) is 10.9. The molecule has 7 nitrogen and oxygen atoms in total. The molecule has 0 radical (unpaired) electrons. The van der Waals surface area contributed by atoms with Crippen molar-refractivity contribution in [1.82, 2.24) is 0 Å². The fourth-order valence-corrected chi connectivity index (χ4v) is 2.38. The molecule has 28 heavy (non-hydrogen) atoms. The fraction of sp³-hybridized carbons (Fsp3) is 0. The Morgan fingerprint density at radius 2 is 1.93 bits per heavy atom. The minimum atomic E-state index is -0.678. The molecular weight excluding hydrogens is 365 g/mol. The number of nitrogens with zero attached hydrogens (tertiary/aromatic N) is 2. The van der Waals surface area contributed by atoms with Crippen molar-refractivity contribution in [2.75, 3.05) is 5.32 Å². The van der Waals surface area contributed by atoms with E-state index in [4.69, 9.17) is 4.42 Å². The van der Waals surface area contributed by atoms with Crippen LogP contribution in [-0.4, -0.2) is 10.8 Å². The first-order valence-corrected chi connectivity index (χ1v) is 7.99. The number of nitro benzene ring substituents is 1. The molecule has 1 heterocycles. The maximum absolute atomic E-state index is 12.9. The number of carbonyl (C=O) groups is 1. The zero-order valence-electron chi connectivity index (χ0n) is 14.3. The quantitative estimate of drug-likeness (QED) is 0.304. The molecule has 0 aliphatic rings. The highest BCUT2D eigenvalue weighted by Gasteiger charge is 2.13. The predicted octanol–water partition coefficient (Wildman–Crippen LogP) is 4.54. The second-order valence-electron chi connectivity index (χ2n) is 5.64. The van der Waals surface area contributed by atoms with E-state index >= 15 is 0 Å². The van der Waals surface area contributed by atoms with Crippen molar-refractivity contribution in [3.8, 4) is 17.4 Å². The molecule has 3 aromatic rings. The van der Waals surface area contributed by atoms with Gasteiger partial charge < -0.3 is 9.73 Å². The number of nitro groups is 1. The number of furan rings is 1. The van der Waals surface area contributed by atoms with E-state index in [1.54, 1.807) is 18.2 Å². The van der Waals surface area contributed by atoms with Gasteiger partial charge in [0.2, 0.25) is 0 Å². The molecule has 1 aromatic heterocycles. The highest BCUT2D eigenvalue weighted by Crippen LogP contribution is 2.26. The lowest BCUT2D eigenvalue weighted by Gasteiger charge is -2.03. The number of hydrogen-bond acceptors (Lipinski definition) is 5. The molecule has 0 spiro atoms. The van der Waals surface area contributed by atoms with Gasteiger partial charge in [0.05, 0.1) is 4.92 Å². The molecule has 0 fully saturated rings. The summed E-state index contributed by atoms with van der Waals surface area (Å²) in [7, 11) is 0. The first-order chi connectivity index (χ1) is 13.5. The van der Waals surface area contributed by atoms with Gasteiger partial charge in [0.25, 0.3) is 11.6 Å². The van der Waals surface area contributed by atoms with Crippen LogP contribution in [0.5, 0.6) is 0 Å². The Morgan fingerprint density at radius 1 is 1.18 bits per heavy atom. The third-order valence-corrected chi connectivity index (χ3v) is 3.72. The number of nitriles is 1. The highest BCUT2D eigenvalue weighted by atomic mass is 19.1. The Bertz CT molecular complexity index is 1110. The molecule has 1 amide bonds. The van der Waals surface area contributed by atoms with Crippen molar-refractivity contribution in [3.05, 3.63) is 87.9 Å². The monoisotopic (exact) mass is 377 g/mol. The summed E-state index contributed by atoms with van der Waals surface area (Å²) >= 11 is 0. The number of anilines is 1. The molecular formula is C20H12FN3O4. The topological polar surface area (TPSA) is 109 Å². The maximum atomic E-state index is 12.9. The molecule has 138 valence electrons. The molecule has 0 aliphatic heterocycles. The van der Waals surface area contributed by atoms with Crippen molar-refractivity contribution in [1.29, 1.82) is 5.26 Å². The number of rotatable bonds is 5. The number of nitrogens with one attached hydrogen (secondary N) is 1. The van der Waals surface area contributed by atoms with E-state index in [0.29, 0.717) is 17.0 Å². The van der Waals surface area contributed by atoms with Gasteiger partial charge in [0.1, 0.15) is 29.0 Å². The maximum Gasteiger partial charge on any atom is 0.270 e. The first kappa shape index (κ1) is 18.5. The Morgan fingerprint density at radius 3 is 2.61 bits per heavy atom. The first-order valence-electron chi connectivity index (χ1n) is 7.99. The summed E-state index contributed by atoms with van der Waals surface area (Å²) in [4.78, 5) is 22.6. The standard InChI is InChI=1S/C20H12FN3O4/c21-15-4-6-16(7-5-15)23-20(25)14(12-22)11-18-8-9-19(28-18)13-2-1-3-17(10-13)24(26)27/h1-11H,(H,23,25)/b14-11-. The number of carbonyl (C=O) groups excluding carboxylic acids is 1. The van der Waals surface area contributed by atoms with E-state index in [-0.39, 0.29) is 17.0 Å². The van der Waals surface area contributed by atoms with Gasteiger partial charge in [-0.2, -0.15) is 5.26 Å². The minimum Gasteiger partial charge on any atom is -0.457 e. The molecule has 0 saturated carbocycles. The lowest BCUT2D eigenvalue weighted by Crippen LogP contribution is -2.13. The van der Waals surface area contributed by atoms with Crippen molar-refractivity contribution >= 4 is 23.4 Å². The van der Waals surface area contributed by atoms with Crippen LogP contribution >= 0.6 is 0 Å². The predicted molar refractivity (Wildman–Crippen MR) is 99.4 cm³/mol. The van der Waals surface area contributed by atoms with E-state index in [0.717, 1.165) is 0 Å². The van der Waals surface area contributed by atoms with E-state index in [9.17, 15) is 24.6 Å². The average Bonchev–Trinajstić information content (AvgIpc) is 3.16. The van der Waals surface area contributed by atoms with Gasteiger partial charge >= 0.3 is 0 Å². The third kappa shape index (κ3) is 4.28. The molecule has 0 bridgehead atoms. The van der Waals surface area contributed by atoms with Gasteiger partial charge in [-0.3, -0.25) is 14.9 Å². The highest BCUT2D eigenvalue weighted by molar-refractivity contribution is 6.09. The zero-order valence-corrected chi connectivity index (χ0v) is 14.3. The SMILES string of the molecule is N#C/C(=C/c1ccc(-c2cccc([N+](=O)[O-])c2)o1)C(=O)Nc1ccc(F)cc1. The second kappa shape index (κ2) is 7.97. The van der Waals surface area contributed by atoms with Gasteiger partial charge in [0, 0.05) is 29.5 Å². The molecule has 0 saturated heterocycles. The van der Waals surface area contributed by atoms with Gasteiger partial charge in [-0.15, -0.1) is 0 Å². The lowest BCUT2D eigenvalue weighted by molar-refractivity contribution is -0.384. The molecule has 8 heteroatoms. The van der Waals surface area contributed by atoms with Crippen LogP contribution in [-0.2, 0) is 4.79 Å². The number of halogens is 1. The van der Waals surface area contributed by atoms with Crippen molar-refractivity contribution in [2.45, 2.75) is 0 Å². The lowest BCUT2D eigenvalue weighted by atomic mass is 10.1. The van der Waals surface area contributed by atoms with E-state index < -0.39 is 16.6 Å². The van der Waals surface area contributed by atoms with Crippen molar-refractivity contribution in [2.24, 2.45) is 0 Å². The summed E-state index contributed by atoms with van der Waals surface area (Å²) in [5.74, 6) is -0.542. The van der Waals surface area contributed by atoms with Crippen LogP contribution in [0.4, 0.5) is 15.8 Å². The fourth-order valence-electron chi connectivity index (χ4n) is 2.38. The van der Waals surface area contributed by atoms with Crippen LogP contribution in [0.25, 0.3) is 17.4 Å². The molecule has 3 rings (SSSR count). The molecule has 1 N–H and O–H groups in total. The smallest absolute Gasteiger partial charge is 0.270 e. The third-order valence-electron chi connectivity index (χ3n) is 3.72. The summed E-state index contributed by atoms with van der Waals surface area (Å²) < 4.78 is 18.5. The minimum absolute atomic E-state index is 0.0811. The molecule has 0 atom stereocenters. The summed E-state index contributed by atoms with van der Waals surface area (Å²) in [5, 5.41) is 22.6. The number of hydrogen-bond donors (Lipinski definition) is 1. The summed E-state index contributed by atoms with van der Waals surface area (Å²) in [6.45, 7) is 0. The Hall–Kier alpha value is -4.25. The van der Waals surface area contributed by atoms with Gasteiger partial charge in [-0.1, -0.05) is 12.1 Å². The Labute approximate surface area is 158 Å². The van der Waals surface area contributed by atoms with Gasteiger partial charge in [0.15, 0.2) is 0 Å². The van der Waals surface area contributed by atoms with Gasteiger partial charge in [-0.05, 0) is 36.4 Å². The number of non-ortho nitro benzene ring substituents is 1. The number of amides is 1. The largest absolute Gasteiger partial charge is 0.457 e. The summed E-state index contributed by atoms with van der Waals surface area (Å²) in [6, 6.07) is 15.9. The Kier molecular flexibility index (Phi) is 5.28. The van der Waals surface area contributed by atoms with Gasteiger partial charge in [-0.25, -0.2) is 4.39 Å². The summed E-state index contributed by atoms with van der Waals surface area (Å²) in [6.07, 6.45) is 1.25. The molecule has 2 aromatic carbocycles. The second-order valence-corrected chi connectivity index (χ2v) is 5.64. The average molecular weight is 377 g/mol. The van der Waals surface area contributed by atoms with Crippen LogP contribution in [0.2, 0.25) is 0 Å². The molecule has 0 unspecified atom stereocenters. The Balaban J connectivity index is 1.81. The van der Waals surface area contributed by atoms with Crippen LogP contribution in [0, 0.1) is 27.3 Å². The molecule has 0 aliphatic carbocycles. The van der Waals surface area contributed by atoms with Crippen LogP contribution in [0.1, 0.15) is 5.76 Å². The van der Waals surface area contributed by atoms with Crippen LogP contribution in [0.15, 0.2) is 70.7 Å². The van der Waals surface area contributed by atoms with Crippen molar-refractivity contribution in [3.63, 3.8) is 0 Å². The zero-order chi connectivity index (χ0) is 20.1. The van der Waals surface area contributed by atoms with E-state index in [1.165, 1.54) is 54.6 Å². The number of benzene rings is 2. The van der Waals surface area contributed by atoms with Crippen LogP contribution < -0.4 is 5.32 Å².